The summed E-state index contributed by atoms with van der Waals surface area (Å²) in [6.45, 7) is -0.173. The van der Waals surface area contributed by atoms with Crippen molar-refractivity contribution < 1.29 is 19.1 Å². The van der Waals surface area contributed by atoms with Gasteiger partial charge < -0.3 is 14.8 Å². The van der Waals surface area contributed by atoms with Crippen molar-refractivity contribution in [2.75, 3.05) is 20.3 Å². The molecule has 2 heterocycles. The first-order chi connectivity index (χ1) is 13.7. The van der Waals surface area contributed by atoms with Gasteiger partial charge in [0.1, 0.15) is 5.75 Å². The normalized spacial score (nSPS) is 10.5. The topological polar surface area (TPSA) is 108 Å². The van der Waals surface area contributed by atoms with Gasteiger partial charge in [-0.3, -0.25) is 4.79 Å². The standard InChI is InChI=1S/C18H19N5O4S/c1-26-15-5-3-2-4-13(15)6-8-19-16(24)11-27-17(25)10-23-21-18(20-22-23)14-7-9-28-12-14/h2-5,7,9,12H,6,8,10-11H2,1H3,(H,19,24). The van der Waals surface area contributed by atoms with Crippen LogP contribution in [-0.4, -0.2) is 52.3 Å². The van der Waals surface area contributed by atoms with Gasteiger partial charge in [-0.25, -0.2) is 4.79 Å². The molecule has 3 aromatic rings. The van der Waals surface area contributed by atoms with E-state index in [0.29, 0.717) is 18.8 Å². The molecule has 2 aromatic heterocycles. The highest BCUT2D eigenvalue weighted by Gasteiger charge is 2.12. The molecule has 9 nitrogen and oxygen atoms in total. The van der Waals surface area contributed by atoms with E-state index in [-0.39, 0.29) is 19.1 Å². The molecule has 0 spiro atoms. The molecular weight excluding hydrogens is 382 g/mol. The number of methoxy groups -OCH3 is 1. The molecule has 0 fully saturated rings. The fourth-order valence-electron chi connectivity index (χ4n) is 2.42. The van der Waals surface area contributed by atoms with Gasteiger partial charge >= 0.3 is 5.97 Å². The quantitative estimate of drug-likeness (QED) is 0.539. The number of hydrogen-bond donors (Lipinski definition) is 1. The zero-order valence-corrected chi connectivity index (χ0v) is 16.0. The third-order valence-electron chi connectivity index (χ3n) is 3.78. The number of aromatic nitrogens is 4. The van der Waals surface area contributed by atoms with Crippen molar-refractivity contribution in [2.24, 2.45) is 0 Å². The number of amides is 1. The number of esters is 1. The van der Waals surface area contributed by atoms with Gasteiger partial charge in [0.2, 0.25) is 5.82 Å². The van der Waals surface area contributed by atoms with E-state index in [2.05, 4.69) is 20.7 Å². The number of carbonyl (C=O) groups excluding carboxylic acids is 2. The Labute approximate surface area is 165 Å². The second-order valence-corrected chi connectivity index (χ2v) is 6.51. The summed E-state index contributed by atoms with van der Waals surface area (Å²) in [6, 6.07) is 9.44. The Balaban J connectivity index is 1.38. The Morgan fingerprint density at radius 3 is 2.89 bits per heavy atom. The van der Waals surface area contributed by atoms with Crippen molar-refractivity contribution in [3.63, 3.8) is 0 Å². The Bertz CT molecular complexity index is 926. The average molecular weight is 401 g/mol. The largest absolute Gasteiger partial charge is 0.496 e. The number of thiophene rings is 1. The smallest absolute Gasteiger partial charge is 0.330 e. The van der Waals surface area contributed by atoms with Gasteiger partial charge in [0.25, 0.3) is 5.91 Å². The van der Waals surface area contributed by atoms with Gasteiger partial charge in [-0.2, -0.15) is 16.1 Å². The van der Waals surface area contributed by atoms with Gasteiger partial charge in [-0.1, -0.05) is 18.2 Å². The third-order valence-corrected chi connectivity index (χ3v) is 4.46. The molecule has 10 heteroatoms. The van der Waals surface area contributed by atoms with E-state index in [0.717, 1.165) is 21.7 Å². The van der Waals surface area contributed by atoms with E-state index in [1.165, 1.54) is 11.3 Å². The minimum Gasteiger partial charge on any atom is -0.496 e. The van der Waals surface area contributed by atoms with Crippen LogP contribution in [0.1, 0.15) is 5.56 Å². The Morgan fingerprint density at radius 2 is 2.11 bits per heavy atom. The summed E-state index contributed by atoms with van der Waals surface area (Å²) in [4.78, 5) is 24.8. The van der Waals surface area contributed by atoms with E-state index < -0.39 is 5.97 Å². The Morgan fingerprint density at radius 1 is 1.25 bits per heavy atom. The Hall–Kier alpha value is -3.27. The molecular formula is C18H19N5O4S. The van der Waals surface area contributed by atoms with Crippen molar-refractivity contribution >= 4 is 23.2 Å². The van der Waals surface area contributed by atoms with E-state index in [1.54, 1.807) is 7.11 Å². The second-order valence-electron chi connectivity index (χ2n) is 5.73. The first kappa shape index (κ1) is 19.5. The molecule has 0 unspecified atom stereocenters. The molecule has 0 saturated carbocycles. The molecule has 0 saturated heterocycles. The van der Waals surface area contributed by atoms with E-state index in [9.17, 15) is 9.59 Å². The minimum absolute atomic E-state index is 0.217. The van der Waals surface area contributed by atoms with Crippen LogP contribution in [0.5, 0.6) is 5.75 Å². The predicted octanol–water partition coefficient (Wildman–Crippen LogP) is 1.31. The fraction of sp³-hybridized carbons (Fsp3) is 0.278. The zero-order valence-electron chi connectivity index (χ0n) is 15.2. The second kappa shape index (κ2) is 9.60. The van der Waals surface area contributed by atoms with E-state index >= 15 is 0 Å². The van der Waals surface area contributed by atoms with Crippen molar-refractivity contribution in [1.82, 2.24) is 25.5 Å². The summed E-state index contributed by atoms with van der Waals surface area (Å²) >= 11 is 1.52. The van der Waals surface area contributed by atoms with Crippen molar-refractivity contribution in [2.45, 2.75) is 13.0 Å². The molecule has 3 rings (SSSR count). The first-order valence-corrected chi connectivity index (χ1v) is 9.44. The highest BCUT2D eigenvalue weighted by Crippen LogP contribution is 2.17. The van der Waals surface area contributed by atoms with Crippen LogP contribution in [-0.2, 0) is 27.3 Å². The minimum atomic E-state index is -0.617. The molecule has 0 aliphatic rings. The van der Waals surface area contributed by atoms with Gasteiger partial charge in [-0.05, 0) is 34.7 Å². The summed E-state index contributed by atoms with van der Waals surface area (Å²) in [5.41, 5.74) is 1.82. The molecule has 0 bridgehead atoms. The van der Waals surface area contributed by atoms with Crippen LogP contribution in [0.25, 0.3) is 11.4 Å². The molecule has 0 aliphatic carbocycles. The van der Waals surface area contributed by atoms with Gasteiger partial charge in [0, 0.05) is 17.5 Å². The van der Waals surface area contributed by atoms with Crippen LogP contribution >= 0.6 is 11.3 Å². The van der Waals surface area contributed by atoms with E-state index in [4.69, 9.17) is 9.47 Å². The fourth-order valence-corrected chi connectivity index (χ4v) is 3.06. The number of nitrogens with one attached hydrogen (secondary N) is 1. The summed E-state index contributed by atoms with van der Waals surface area (Å²) in [7, 11) is 1.60. The SMILES string of the molecule is COc1ccccc1CCNC(=O)COC(=O)Cn1nnc(-c2ccsc2)n1. The van der Waals surface area contributed by atoms with Gasteiger partial charge in [0.15, 0.2) is 13.2 Å². The summed E-state index contributed by atoms with van der Waals surface area (Å²) < 4.78 is 10.2. The number of hydrogen-bond acceptors (Lipinski definition) is 8. The lowest BCUT2D eigenvalue weighted by atomic mass is 10.1. The first-order valence-electron chi connectivity index (χ1n) is 8.50. The molecule has 0 radical (unpaired) electrons. The monoisotopic (exact) mass is 401 g/mol. The molecule has 28 heavy (non-hydrogen) atoms. The maximum Gasteiger partial charge on any atom is 0.330 e. The van der Waals surface area contributed by atoms with Crippen LogP contribution in [0.2, 0.25) is 0 Å². The summed E-state index contributed by atoms with van der Waals surface area (Å²) in [5.74, 6) is 0.205. The van der Waals surface area contributed by atoms with Gasteiger partial charge in [-0.15, -0.1) is 10.2 Å². The van der Waals surface area contributed by atoms with Crippen LogP contribution in [0, 0.1) is 0 Å². The number of carbonyl (C=O) groups is 2. The molecule has 1 amide bonds. The number of rotatable bonds is 9. The number of para-hydroxylation sites is 1. The number of nitrogens with zero attached hydrogens (tertiary/aromatic N) is 4. The lowest BCUT2D eigenvalue weighted by Gasteiger charge is -2.09. The van der Waals surface area contributed by atoms with Crippen molar-refractivity contribution in [3.8, 4) is 17.1 Å². The average Bonchev–Trinajstić information content (AvgIpc) is 3.38. The Kier molecular flexibility index (Phi) is 6.68. The third kappa shape index (κ3) is 5.36. The predicted molar refractivity (Wildman–Crippen MR) is 102 cm³/mol. The van der Waals surface area contributed by atoms with Crippen LogP contribution in [0.15, 0.2) is 41.1 Å². The molecule has 146 valence electrons. The van der Waals surface area contributed by atoms with Crippen LogP contribution < -0.4 is 10.1 Å². The lowest BCUT2D eigenvalue weighted by Crippen LogP contribution is -2.31. The number of benzene rings is 1. The maximum absolute atomic E-state index is 11.8. The highest BCUT2D eigenvalue weighted by atomic mass is 32.1. The molecule has 1 aromatic carbocycles. The van der Waals surface area contributed by atoms with Crippen molar-refractivity contribution in [3.05, 3.63) is 46.7 Å². The van der Waals surface area contributed by atoms with E-state index in [1.807, 2.05) is 41.1 Å². The summed E-state index contributed by atoms with van der Waals surface area (Å²) in [6.07, 6.45) is 0.609. The molecule has 1 N–H and O–H groups in total. The number of ether oxygens (including phenoxy) is 2. The lowest BCUT2D eigenvalue weighted by molar-refractivity contribution is -0.149. The summed E-state index contributed by atoms with van der Waals surface area (Å²) in [5, 5.41) is 18.3. The van der Waals surface area contributed by atoms with Gasteiger partial charge in [0.05, 0.1) is 7.11 Å². The number of tetrazole rings is 1. The van der Waals surface area contributed by atoms with Crippen LogP contribution in [0.4, 0.5) is 0 Å². The maximum atomic E-state index is 11.8. The molecule has 0 atom stereocenters. The van der Waals surface area contributed by atoms with Crippen LogP contribution in [0.3, 0.4) is 0 Å². The zero-order chi connectivity index (χ0) is 19.8. The highest BCUT2D eigenvalue weighted by molar-refractivity contribution is 7.08. The van der Waals surface area contributed by atoms with Crippen molar-refractivity contribution in [1.29, 1.82) is 0 Å². The molecule has 0 aliphatic heterocycles.